The normalized spacial score (nSPS) is 19.8. The van der Waals surface area contributed by atoms with E-state index in [2.05, 4.69) is 0 Å². The van der Waals surface area contributed by atoms with E-state index in [4.69, 9.17) is 0 Å². The minimum absolute atomic E-state index is 0.0865. The molecule has 1 fully saturated rings. The molecule has 0 amide bonds. The lowest BCUT2D eigenvalue weighted by Gasteiger charge is -2.26. The highest BCUT2D eigenvalue weighted by Crippen LogP contribution is 2.35. The van der Waals surface area contributed by atoms with Crippen LogP contribution in [0.25, 0.3) is 0 Å². The molecule has 1 unspecified atom stereocenters. The third kappa shape index (κ3) is 2.73. The quantitative estimate of drug-likeness (QED) is 0.860. The number of aliphatic hydroxyl groups is 1. The molecule has 1 aromatic carbocycles. The molecule has 1 N–H and O–H groups in total. The van der Waals surface area contributed by atoms with E-state index in [9.17, 15) is 23.1 Å². The van der Waals surface area contributed by atoms with Gasteiger partial charge in [-0.3, -0.25) is 4.79 Å². The van der Waals surface area contributed by atoms with Crippen LogP contribution in [0.15, 0.2) is 18.2 Å². The number of anilines is 1. The second-order valence-corrected chi connectivity index (χ2v) is 4.56. The summed E-state index contributed by atoms with van der Waals surface area (Å²) in [5.41, 5.74) is -0.894. The van der Waals surface area contributed by atoms with E-state index in [0.717, 1.165) is 18.9 Å². The van der Waals surface area contributed by atoms with Gasteiger partial charge in [0.15, 0.2) is 6.29 Å². The number of benzene rings is 1. The van der Waals surface area contributed by atoms with E-state index in [0.29, 0.717) is 12.2 Å². The van der Waals surface area contributed by atoms with Gasteiger partial charge in [-0.05, 0) is 31.0 Å². The number of hydrogen-bond acceptors (Lipinski definition) is 3. The van der Waals surface area contributed by atoms with Gasteiger partial charge in [-0.25, -0.2) is 0 Å². The largest absolute Gasteiger partial charge is 0.417 e. The lowest BCUT2D eigenvalue weighted by molar-refractivity contribution is -0.137. The van der Waals surface area contributed by atoms with Crippen LogP contribution >= 0.6 is 0 Å². The number of rotatable bonds is 3. The molecule has 0 spiro atoms. The third-order valence-electron chi connectivity index (χ3n) is 3.39. The lowest BCUT2D eigenvalue weighted by atomic mass is 10.1. The van der Waals surface area contributed by atoms with Crippen LogP contribution in [0.5, 0.6) is 0 Å². The zero-order valence-corrected chi connectivity index (χ0v) is 10.2. The van der Waals surface area contributed by atoms with Crippen LogP contribution in [0.4, 0.5) is 18.9 Å². The van der Waals surface area contributed by atoms with Crippen molar-refractivity contribution in [3.8, 4) is 0 Å². The van der Waals surface area contributed by atoms with Crippen LogP contribution < -0.4 is 4.90 Å². The Morgan fingerprint density at radius 3 is 2.74 bits per heavy atom. The van der Waals surface area contributed by atoms with Crippen molar-refractivity contribution in [3.05, 3.63) is 29.3 Å². The van der Waals surface area contributed by atoms with Gasteiger partial charge in [0.1, 0.15) is 0 Å². The summed E-state index contributed by atoms with van der Waals surface area (Å²) < 4.78 is 38.6. The van der Waals surface area contributed by atoms with E-state index in [-0.39, 0.29) is 24.5 Å². The van der Waals surface area contributed by atoms with Gasteiger partial charge in [0, 0.05) is 17.8 Å². The first kappa shape index (κ1) is 13.9. The van der Waals surface area contributed by atoms with E-state index < -0.39 is 11.7 Å². The predicted octanol–water partition coefficient (Wildman–Crippen LogP) is 2.48. The van der Waals surface area contributed by atoms with E-state index in [1.807, 2.05) is 0 Å². The zero-order chi connectivity index (χ0) is 14.0. The first-order valence-electron chi connectivity index (χ1n) is 6.01. The topological polar surface area (TPSA) is 40.5 Å². The molecule has 1 heterocycles. The Labute approximate surface area is 108 Å². The van der Waals surface area contributed by atoms with Crippen molar-refractivity contribution in [2.24, 2.45) is 0 Å². The van der Waals surface area contributed by atoms with Crippen molar-refractivity contribution in [2.45, 2.75) is 25.1 Å². The van der Waals surface area contributed by atoms with Crippen LogP contribution in [0.3, 0.4) is 0 Å². The smallest absolute Gasteiger partial charge is 0.394 e. The van der Waals surface area contributed by atoms with Crippen molar-refractivity contribution in [1.29, 1.82) is 0 Å². The SMILES string of the molecule is O=Cc1ccc(N2CCCC2CO)cc1C(F)(F)F. The molecule has 0 saturated carbocycles. The van der Waals surface area contributed by atoms with Crippen LogP contribution in [0, 0.1) is 0 Å². The molecule has 1 saturated heterocycles. The van der Waals surface area contributed by atoms with Crippen molar-refractivity contribution >= 4 is 12.0 Å². The Bertz CT molecular complexity index is 473. The summed E-state index contributed by atoms with van der Waals surface area (Å²) in [6, 6.07) is 3.51. The maximum Gasteiger partial charge on any atom is 0.417 e. The number of aliphatic hydroxyl groups excluding tert-OH is 1. The second-order valence-electron chi connectivity index (χ2n) is 4.56. The van der Waals surface area contributed by atoms with E-state index >= 15 is 0 Å². The summed E-state index contributed by atoms with van der Waals surface area (Å²) in [4.78, 5) is 12.4. The second kappa shape index (κ2) is 5.21. The fourth-order valence-corrected chi connectivity index (χ4v) is 2.44. The molecule has 1 aliphatic heterocycles. The summed E-state index contributed by atoms with van der Waals surface area (Å²) in [5.74, 6) is 0. The summed E-state index contributed by atoms with van der Waals surface area (Å²) in [7, 11) is 0. The van der Waals surface area contributed by atoms with Crippen molar-refractivity contribution in [3.63, 3.8) is 0 Å². The Kier molecular flexibility index (Phi) is 3.80. The maximum atomic E-state index is 12.9. The van der Waals surface area contributed by atoms with Gasteiger partial charge >= 0.3 is 6.18 Å². The van der Waals surface area contributed by atoms with Crippen LogP contribution in [0.1, 0.15) is 28.8 Å². The summed E-state index contributed by atoms with van der Waals surface area (Å²) >= 11 is 0. The number of carbonyl (C=O) groups is 1. The fraction of sp³-hybridized carbons (Fsp3) is 0.462. The molecule has 6 heteroatoms. The molecule has 19 heavy (non-hydrogen) atoms. The number of carbonyl (C=O) groups excluding carboxylic acids is 1. The molecule has 1 aliphatic rings. The minimum atomic E-state index is -4.55. The highest BCUT2D eigenvalue weighted by atomic mass is 19.4. The summed E-state index contributed by atoms with van der Waals surface area (Å²) in [5, 5.41) is 9.21. The van der Waals surface area contributed by atoms with Gasteiger partial charge < -0.3 is 10.0 Å². The Morgan fingerprint density at radius 1 is 1.42 bits per heavy atom. The predicted molar refractivity (Wildman–Crippen MR) is 64.3 cm³/mol. The van der Waals surface area contributed by atoms with Gasteiger partial charge in [-0.15, -0.1) is 0 Å². The van der Waals surface area contributed by atoms with Gasteiger partial charge in [0.25, 0.3) is 0 Å². The summed E-state index contributed by atoms with van der Waals surface area (Å²) in [6.45, 7) is 0.528. The summed E-state index contributed by atoms with van der Waals surface area (Å²) in [6.07, 6.45) is -2.75. The number of halogens is 3. The molecule has 2 rings (SSSR count). The van der Waals surface area contributed by atoms with Crippen molar-refractivity contribution in [2.75, 3.05) is 18.1 Å². The molecule has 104 valence electrons. The van der Waals surface area contributed by atoms with Gasteiger partial charge in [0.05, 0.1) is 18.2 Å². The van der Waals surface area contributed by atoms with Crippen LogP contribution in [-0.4, -0.2) is 30.6 Å². The first-order valence-corrected chi connectivity index (χ1v) is 6.01. The molecule has 0 aromatic heterocycles. The monoisotopic (exact) mass is 273 g/mol. The molecule has 1 atom stereocenters. The molecular weight excluding hydrogens is 259 g/mol. The van der Waals surface area contributed by atoms with Gasteiger partial charge in [0.2, 0.25) is 0 Å². The third-order valence-corrected chi connectivity index (χ3v) is 3.39. The van der Waals surface area contributed by atoms with Crippen molar-refractivity contribution < 1.29 is 23.1 Å². The van der Waals surface area contributed by atoms with E-state index in [1.165, 1.54) is 12.1 Å². The molecule has 0 bridgehead atoms. The molecule has 0 aliphatic carbocycles. The number of aldehydes is 1. The molecule has 3 nitrogen and oxygen atoms in total. The van der Waals surface area contributed by atoms with E-state index in [1.54, 1.807) is 4.90 Å². The van der Waals surface area contributed by atoms with Gasteiger partial charge in [-0.1, -0.05) is 0 Å². The maximum absolute atomic E-state index is 12.9. The standard InChI is InChI=1S/C13H14F3NO2/c14-13(15,16)12-6-10(4-3-9(12)7-18)17-5-1-2-11(17)8-19/h3-4,6-7,11,19H,1-2,5,8H2. The Balaban J connectivity index is 2.40. The minimum Gasteiger partial charge on any atom is -0.394 e. The number of nitrogens with zero attached hydrogens (tertiary/aromatic N) is 1. The fourth-order valence-electron chi connectivity index (χ4n) is 2.44. The molecular formula is C13H14F3NO2. The lowest BCUT2D eigenvalue weighted by Crippen LogP contribution is -2.32. The molecule has 0 radical (unpaired) electrons. The zero-order valence-electron chi connectivity index (χ0n) is 10.2. The van der Waals surface area contributed by atoms with Gasteiger partial charge in [-0.2, -0.15) is 13.2 Å². The number of hydrogen-bond donors (Lipinski definition) is 1. The number of alkyl halides is 3. The highest BCUT2D eigenvalue weighted by Gasteiger charge is 2.34. The van der Waals surface area contributed by atoms with Crippen LogP contribution in [-0.2, 0) is 6.18 Å². The van der Waals surface area contributed by atoms with Crippen molar-refractivity contribution in [1.82, 2.24) is 0 Å². The Hall–Kier alpha value is -1.56. The average molecular weight is 273 g/mol. The van der Waals surface area contributed by atoms with Crippen LogP contribution in [0.2, 0.25) is 0 Å². The highest BCUT2D eigenvalue weighted by molar-refractivity contribution is 5.79. The Morgan fingerprint density at radius 2 is 2.16 bits per heavy atom. The molecule has 1 aromatic rings. The first-order chi connectivity index (χ1) is 8.97. The average Bonchev–Trinajstić information content (AvgIpc) is 2.85.